The Balaban J connectivity index is 0.00000423. The van der Waals surface area contributed by atoms with Gasteiger partial charge in [0.05, 0.1) is 16.3 Å². The number of hydrogen-bond donors (Lipinski definition) is 3. The fourth-order valence-corrected chi connectivity index (χ4v) is 6.71. The molecule has 2 unspecified atom stereocenters. The SMILES string of the molecule is CC(Oc1ccc(CC2SC(=O)NC2=O)cc1)c1nc2ccc(Sc3cc(C(C)(C)C)c(O)c(C(C)(C)C)c3)cc2[nH]1.Cl. The second-order valence-corrected chi connectivity index (χ2v) is 15.1. The van der Waals surface area contributed by atoms with Gasteiger partial charge in [-0.2, -0.15) is 0 Å². The molecule has 0 saturated carbocycles. The number of amides is 2. The number of nitrogens with one attached hydrogen (secondary N) is 2. The molecular formula is C33H38ClN3O4S2. The molecule has 0 radical (unpaired) electrons. The van der Waals surface area contributed by atoms with E-state index >= 15 is 0 Å². The highest BCUT2D eigenvalue weighted by molar-refractivity contribution is 8.15. The van der Waals surface area contributed by atoms with Crippen LogP contribution in [0.5, 0.6) is 11.5 Å². The molecule has 1 fully saturated rings. The van der Waals surface area contributed by atoms with Crippen LogP contribution in [0.4, 0.5) is 4.79 Å². The monoisotopic (exact) mass is 639 g/mol. The largest absolute Gasteiger partial charge is 0.507 e. The van der Waals surface area contributed by atoms with Crippen LogP contribution in [0.15, 0.2) is 64.4 Å². The first kappa shape index (κ1) is 32.8. The summed E-state index contributed by atoms with van der Waals surface area (Å²) in [5.74, 6) is 1.56. The first-order valence-electron chi connectivity index (χ1n) is 14.0. The minimum absolute atomic E-state index is 0. The van der Waals surface area contributed by atoms with Crippen LogP contribution in [0.3, 0.4) is 0 Å². The first-order valence-corrected chi connectivity index (χ1v) is 15.7. The number of carbonyl (C=O) groups excluding carboxylic acids is 2. The van der Waals surface area contributed by atoms with Crippen molar-refractivity contribution in [2.45, 2.75) is 86.9 Å². The van der Waals surface area contributed by atoms with E-state index in [4.69, 9.17) is 9.72 Å². The number of fused-ring (bicyclic) bond motifs is 1. The number of aromatic amines is 1. The van der Waals surface area contributed by atoms with E-state index in [0.29, 0.717) is 17.9 Å². The predicted molar refractivity (Wildman–Crippen MR) is 177 cm³/mol. The number of aromatic hydroxyl groups is 1. The summed E-state index contributed by atoms with van der Waals surface area (Å²) in [7, 11) is 0. The molecule has 2 atom stereocenters. The summed E-state index contributed by atoms with van der Waals surface area (Å²) in [6.07, 6.45) is 0.176. The zero-order valence-electron chi connectivity index (χ0n) is 25.4. The predicted octanol–water partition coefficient (Wildman–Crippen LogP) is 8.47. The normalized spacial score (nSPS) is 16.2. The van der Waals surface area contributed by atoms with E-state index in [-0.39, 0.29) is 40.5 Å². The maximum Gasteiger partial charge on any atom is 0.286 e. The molecule has 228 valence electrons. The smallest absolute Gasteiger partial charge is 0.286 e. The van der Waals surface area contributed by atoms with Crippen LogP contribution in [0.1, 0.15) is 77.1 Å². The molecule has 7 nitrogen and oxygen atoms in total. The van der Waals surface area contributed by atoms with Gasteiger partial charge in [-0.25, -0.2) is 4.98 Å². The molecule has 0 aliphatic carbocycles. The molecule has 1 aliphatic heterocycles. The Morgan fingerprint density at radius 1 is 0.953 bits per heavy atom. The number of imidazole rings is 1. The van der Waals surface area contributed by atoms with E-state index in [1.807, 2.05) is 37.3 Å². The van der Waals surface area contributed by atoms with Gasteiger partial charge in [-0.1, -0.05) is 77.2 Å². The van der Waals surface area contributed by atoms with Crippen molar-refractivity contribution in [2.24, 2.45) is 0 Å². The van der Waals surface area contributed by atoms with Gasteiger partial charge in [0, 0.05) is 20.9 Å². The summed E-state index contributed by atoms with van der Waals surface area (Å²) in [6, 6.07) is 18.0. The van der Waals surface area contributed by atoms with Gasteiger partial charge in [-0.15, -0.1) is 12.4 Å². The van der Waals surface area contributed by atoms with Gasteiger partial charge >= 0.3 is 0 Å². The maximum absolute atomic E-state index is 11.9. The summed E-state index contributed by atoms with van der Waals surface area (Å²) >= 11 is 2.70. The van der Waals surface area contributed by atoms with Crippen molar-refractivity contribution in [3.05, 3.63) is 77.1 Å². The molecule has 3 N–H and O–H groups in total. The van der Waals surface area contributed by atoms with Crippen LogP contribution >= 0.6 is 35.9 Å². The quantitative estimate of drug-likeness (QED) is 0.186. The number of benzene rings is 3. The molecule has 3 aromatic carbocycles. The van der Waals surface area contributed by atoms with Gasteiger partial charge in [0.2, 0.25) is 5.91 Å². The van der Waals surface area contributed by atoms with E-state index in [0.717, 1.165) is 55.1 Å². The number of thioether (sulfide) groups is 1. The van der Waals surface area contributed by atoms with Crippen molar-refractivity contribution in [1.82, 2.24) is 15.3 Å². The number of ether oxygens (including phenoxy) is 1. The first-order chi connectivity index (χ1) is 19.7. The Labute approximate surface area is 267 Å². The number of aromatic nitrogens is 2. The van der Waals surface area contributed by atoms with Crippen molar-refractivity contribution < 1.29 is 19.4 Å². The molecule has 5 rings (SSSR count). The van der Waals surface area contributed by atoms with Crippen LogP contribution in [0.2, 0.25) is 0 Å². The number of imide groups is 1. The van der Waals surface area contributed by atoms with Gasteiger partial charge in [-0.3, -0.25) is 14.9 Å². The minimum Gasteiger partial charge on any atom is -0.507 e. The van der Waals surface area contributed by atoms with Crippen LogP contribution in [-0.2, 0) is 22.0 Å². The summed E-state index contributed by atoms with van der Waals surface area (Å²) in [5.41, 5.74) is 4.26. The highest BCUT2D eigenvalue weighted by Crippen LogP contribution is 2.43. The third-order valence-corrected chi connectivity index (χ3v) is 9.16. The van der Waals surface area contributed by atoms with Crippen molar-refractivity contribution in [3.8, 4) is 11.5 Å². The lowest BCUT2D eigenvalue weighted by molar-refractivity contribution is -0.118. The highest BCUT2D eigenvalue weighted by Gasteiger charge is 2.31. The second-order valence-electron chi connectivity index (χ2n) is 12.8. The highest BCUT2D eigenvalue weighted by atomic mass is 35.5. The number of carbonyl (C=O) groups is 2. The van der Waals surface area contributed by atoms with E-state index in [1.54, 1.807) is 11.8 Å². The fraction of sp³-hybridized carbons (Fsp3) is 0.364. The summed E-state index contributed by atoms with van der Waals surface area (Å²) in [6.45, 7) is 14.7. The Morgan fingerprint density at radius 2 is 1.58 bits per heavy atom. The lowest BCUT2D eigenvalue weighted by Gasteiger charge is -2.28. The van der Waals surface area contributed by atoms with Gasteiger partial charge in [-0.05, 0) is 72.2 Å². The minimum atomic E-state index is -0.392. The van der Waals surface area contributed by atoms with Gasteiger partial charge < -0.3 is 14.8 Å². The third-order valence-electron chi connectivity index (χ3n) is 7.22. The number of rotatable bonds is 7. The lowest BCUT2D eigenvalue weighted by Crippen LogP contribution is -2.25. The van der Waals surface area contributed by atoms with Gasteiger partial charge in [0.1, 0.15) is 17.3 Å². The number of phenolic OH excluding ortho intramolecular Hbond substituents is 1. The van der Waals surface area contributed by atoms with Crippen molar-refractivity contribution in [3.63, 3.8) is 0 Å². The molecule has 10 heteroatoms. The van der Waals surface area contributed by atoms with Crippen LogP contribution in [0, 0.1) is 0 Å². The van der Waals surface area contributed by atoms with Crippen LogP contribution in [-0.4, -0.2) is 31.5 Å². The Bertz CT molecular complexity index is 1620. The molecule has 4 aromatic rings. The molecule has 0 bridgehead atoms. The molecular weight excluding hydrogens is 602 g/mol. The lowest BCUT2D eigenvalue weighted by atomic mass is 9.79. The number of halogens is 1. The van der Waals surface area contributed by atoms with Gasteiger partial charge in [0.25, 0.3) is 5.24 Å². The zero-order chi connectivity index (χ0) is 30.4. The van der Waals surface area contributed by atoms with Crippen molar-refractivity contribution in [2.75, 3.05) is 0 Å². The van der Waals surface area contributed by atoms with Crippen LogP contribution < -0.4 is 10.1 Å². The number of phenols is 1. The van der Waals surface area contributed by atoms with E-state index < -0.39 is 5.25 Å². The third kappa shape index (κ3) is 7.51. The zero-order valence-corrected chi connectivity index (χ0v) is 27.9. The molecule has 43 heavy (non-hydrogen) atoms. The molecule has 1 aromatic heterocycles. The average Bonchev–Trinajstić information content (AvgIpc) is 3.46. The van der Waals surface area contributed by atoms with E-state index in [1.165, 1.54) is 0 Å². The van der Waals surface area contributed by atoms with E-state index in [9.17, 15) is 14.7 Å². The second kappa shape index (κ2) is 12.5. The molecule has 2 heterocycles. The van der Waals surface area contributed by atoms with Crippen molar-refractivity contribution in [1.29, 1.82) is 0 Å². The average molecular weight is 640 g/mol. The molecule has 1 aliphatic rings. The topological polar surface area (TPSA) is 104 Å². The summed E-state index contributed by atoms with van der Waals surface area (Å²) < 4.78 is 6.16. The maximum atomic E-state index is 11.9. The number of nitrogens with zero attached hydrogens (tertiary/aromatic N) is 1. The van der Waals surface area contributed by atoms with Gasteiger partial charge in [0.15, 0.2) is 6.10 Å². The Hall–Kier alpha value is -3.14. The molecule has 0 spiro atoms. The van der Waals surface area contributed by atoms with Crippen molar-refractivity contribution >= 4 is 58.1 Å². The molecule has 1 saturated heterocycles. The Morgan fingerprint density at radius 3 is 2.14 bits per heavy atom. The number of H-pyrrole nitrogens is 1. The fourth-order valence-electron chi connectivity index (χ4n) is 4.92. The standard InChI is InChI=1S/C33H37N3O4S2.ClH/c1-18(40-20-10-8-19(9-11-20)14-27-30(38)36-31(39)42-27)29-34-25-13-12-21(17-26(25)35-29)41-22-15-23(32(2,3)4)28(37)24(16-22)33(5,6)7;/h8-13,15-18,27,37H,14H2,1-7H3,(H,34,35)(H,36,38,39);1H. The summed E-state index contributed by atoms with van der Waals surface area (Å²) in [4.78, 5) is 33.6. The summed E-state index contributed by atoms with van der Waals surface area (Å²) in [5, 5.41) is 12.7. The Kier molecular flexibility index (Phi) is 9.50. The number of hydrogen-bond acceptors (Lipinski definition) is 7. The molecule has 2 amide bonds. The van der Waals surface area contributed by atoms with E-state index in [2.05, 4.69) is 76.1 Å². The van der Waals surface area contributed by atoms with Crippen LogP contribution in [0.25, 0.3) is 11.0 Å².